The zero-order valence-corrected chi connectivity index (χ0v) is 11.1. The number of hydrogen-bond acceptors (Lipinski definition) is 3. The molecule has 0 fully saturated rings. The molecule has 1 atom stereocenters. The summed E-state index contributed by atoms with van der Waals surface area (Å²) in [5, 5.41) is 0. The summed E-state index contributed by atoms with van der Waals surface area (Å²) in [6.07, 6.45) is 2.50. The highest BCUT2D eigenvalue weighted by Crippen LogP contribution is 2.15. The Labute approximate surface area is 112 Å². The zero-order chi connectivity index (χ0) is 13.7. The maximum absolute atomic E-state index is 12.8. The highest BCUT2D eigenvalue weighted by Gasteiger charge is 2.09. The molecule has 1 unspecified atom stereocenters. The smallest absolute Gasteiger partial charge is 0.123 e. The van der Waals surface area contributed by atoms with E-state index in [1.807, 2.05) is 19.2 Å². The van der Waals surface area contributed by atoms with Gasteiger partial charge in [-0.05, 0) is 43.3 Å². The quantitative estimate of drug-likeness (QED) is 0.870. The second-order valence-corrected chi connectivity index (χ2v) is 4.76. The van der Waals surface area contributed by atoms with E-state index in [9.17, 15) is 4.39 Å². The second-order valence-electron chi connectivity index (χ2n) is 4.76. The van der Waals surface area contributed by atoms with E-state index in [1.165, 1.54) is 12.1 Å². The summed E-state index contributed by atoms with van der Waals surface area (Å²) in [6, 6.07) is 10.1. The SMILES string of the molecule is CN(CCC(N)c1ccc(F)cc1)Cc1ccco1. The van der Waals surface area contributed by atoms with Gasteiger partial charge >= 0.3 is 0 Å². The Kier molecular flexibility index (Phi) is 4.71. The van der Waals surface area contributed by atoms with Crippen molar-refractivity contribution in [1.29, 1.82) is 0 Å². The van der Waals surface area contributed by atoms with Crippen LogP contribution >= 0.6 is 0 Å². The normalized spacial score (nSPS) is 12.8. The minimum Gasteiger partial charge on any atom is -0.468 e. The molecule has 0 radical (unpaired) electrons. The summed E-state index contributed by atoms with van der Waals surface area (Å²) < 4.78 is 18.1. The first-order valence-corrected chi connectivity index (χ1v) is 6.37. The lowest BCUT2D eigenvalue weighted by molar-refractivity contribution is 0.284. The molecule has 0 amide bonds. The van der Waals surface area contributed by atoms with Gasteiger partial charge in [-0.3, -0.25) is 4.90 Å². The van der Waals surface area contributed by atoms with E-state index in [2.05, 4.69) is 4.90 Å². The van der Waals surface area contributed by atoms with Gasteiger partial charge in [0.1, 0.15) is 11.6 Å². The van der Waals surface area contributed by atoms with Gasteiger partial charge in [0.15, 0.2) is 0 Å². The summed E-state index contributed by atoms with van der Waals surface area (Å²) in [4.78, 5) is 2.15. The zero-order valence-electron chi connectivity index (χ0n) is 11.1. The molecule has 0 saturated carbocycles. The largest absolute Gasteiger partial charge is 0.468 e. The minimum atomic E-state index is -0.231. The van der Waals surface area contributed by atoms with Crippen LogP contribution in [0.4, 0.5) is 4.39 Å². The van der Waals surface area contributed by atoms with Crippen LogP contribution in [0.25, 0.3) is 0 Å². The van der Waals surface area contributed by atoms with Crippen LogP contribution < -0.4 is 5.73 Å². The molecule has 102 valence electrons. The van der Waals surface area contributed by atoms with Crippen LogP contribution in [0.1, 0.15) is 23.8 Å². The molecule has 19 heavy (non-hydrogen) atoms. The second kappa shape index (κ2) is 6.50. The van der Waals surface area contributed by atoms with Crippen molar-refractivity contribution in [1.82, 2.24) is 4.90 Å². The van der Waals surface area contributed by atoms with Gasteiger partial charge in [0.2, 0.25) is 0 Å². The summed E-state index contributed by atoms with van der Waals surface area (Å²) in [5.41, 5.74) is 7.06. The molecule has 0 aliphatic carbocycles. The topological polar surface area (TPSA) is 42.4 Å². The van der Waals surface area contributed by atoms with Crippen molar-refractivity contribution >= 4 is 0 Å². The molecule has 4 heteroatoms. The minimum absolute atomic E-state index is 0.0698. The predicted molar refractivity (Wildman–Crippen MR) is 73.0 cm³/mol. The van der Waals surface area contributed by atoms with Gasteiger partial charge in [-0.15, -0.1) is 0 Å². The lowest BCUT2D eigenvalue weighted by Gasteiger charge is -2.18. The molecule has 1 heterocycles. The van der Waals surface area contributed by atoms with Gasteiger partial charge in [-0.1, -0.05) is 12.1 Å². The van der Waals surface area contributed by atoms with Crippen LogP contribution in [0.3, 0.4) is 0 Å². The highest BCUT2D eigenvalue weighted by atomic mass is 19.1. The lowest BCUT2D eigenvalue weighted by Crippen LogP contribution is -2.23. The maximum Gasteiger partial charge on any atom is 0.123 e. The molecule has 2 N–H and O–H groups in total. The van der Waals surface area contributed by atoms with E-state index in [4.69, 9.17) is 10.2 Å². The van der Waals surface area contributed by atoms with Gasteiger partial charge < -0.3 is 10.2 Å². The number of benzene rings is 1. The average Bonchev–Trinajstić information content (AvgIpc) is 2.89. The van der Waals surface area contributed by atoms with Crippen LogP contribution in [0, 0.1) is 5.82 Å². The van der Waals surface area contributed by atoms with E-state index >= 15 is 0 Å². The number of halogens is 1. The summed E-state index contributed by atoms with van der Waals surface area (Å²) in [5.74, 6) is 0.712. The van der Waals surface area contributed by atoms with E-state index in [0.717, 1.165) is 30.8 Å². The third kappa shape index (κ3) is 4.19. The summed E-state index contributed by atoms with van der Waals surface area (Å²) >= 11 is 0. The Morgan fingerprint density at radius 1 is 1.26 bits per heavy atom. The molecule has 0 bridgehead atoms. The Balaban J connectivity index is 1.79. The Morgan fingerprint density at radius 3 is 2.63 bits per heavy atom. The number of furan rings is 1. The van der Waals surface area contributed by atoms with Gasteiger partial charge in [0, 0.05) is 12.6 Å². The van der Waals surface area contributed by atoms with E-state index in [-0.39, 0.29) is 11.9 Å². The van der Waals surface area contributed by atoms with Crippen LogP contribution in [0.5, 0.6) is 0 Å². The maximum atomic E-state index is 12.8. The van der Waals surface area contributed by atoms with Crippen molar-refractivity contribution in [3.8, 4) is 0 Å². The molecule has 3 nitrogen and oxygen atoms in total. The van der Waals surface area contributed by atoms with E-state index < -0.39 is 0 Å². The molecule has 1 aromatic heterocycles. The molecule has 0 saturated heterocycles. The van der Waals surface area contributed by atoms with Crippen LogP contribution in [0.2, 0.25) is 0 Å². The fourth-order valence-electron chi connectivity index (χ4n) is 1.98. The number of hydrogen-bond donors (Lipinski definition) is 1. The van der Waals surface area contributed by atoms with Crippen molar-refractivity contribution in [2.45, 2.75) is 19.0 Å². The van der Waals surface area contributed by atoms with E-state index in [1.54, 1.807) is 18.4 Å². The fraction of sp³-hybridized carbons (Fsp3) is 0.333. The molecular weight excluding hydrogens is 243 g/mol. The van der Waals surface area contributed by atoms with Crippen molar-refractivity contribution in [2.24, 2.45) is 5.73 Å². The number of rotatable bonds is 6. The van der Waals surface area contributed by atoms with Crippen LogP contribution in [-0.2, 0) is 6.54 Å². The summed E-state index contributed by atoms with van der Waals surface area (Å²) in [6.45, 7) is 1.63. The fourth-order valence-corrected chi connectivity index (χ4v) is 1.98. The first kappa shape index (κ1) is 13.8. The molecule has 2 rings (SSSR count). The molecule has 2 aromatic rings. The summed E-state index contributed by atoms with van der Waals surface area (Å²) in [7, 11) is 2.03. The van der Waals surface area contributed by atoms with Crippen molar-refractivity contribution in [3.05, 3.63) is 59.8 Å². The molecule has 1 aromatic carbocycles. The lowest BCUT2D eigenvalue weighted by atomic mass is 10.0. The third-order valence-electron chi connectivity index (χ3n) is 3.13. The van der Waals surface area contributed by atoms with E-state index in [0.29, 0.717) is 0 Å². The first-order valence-electron chi connectivity index (χ1n) is 6.37. The Bertz CT molecular complexity index is 481. The van der Waals surface area contributed by atoms with Crippen LogP contribution in [-0.4, -0.2) is 18.5 Å². The molecular formula is C15H19FN2O. The molecule has 0 aliphatic rings. The van der Waals surface area contributed by atoms with Crippen molar-refractivity contribution in [2.75, 3.05) is 13.6 Å². The first-order chi connectivity index (χ1) is 9.15. The number of nitrogens with two attached hydrogens (primary N) is 1. The van der Waals surface area contributed by atoms with Crippen molar-refractivity contribution < 1.29 is 8.81 Å². The third-order valence-corrected chi connectivity index (χ3v) is 3.13. The molecule has 0 spiro atoms. The molecule has 0 aliphatic heterocycles. The number of nitrogens with zero attached hydrogens (tertiary/aromatic N) is 1. The highest BCUT2D eigenvalue weighted by molar-refractivity contribution is 5.19. The van der Waals surface area contributed by atoms with Gasteiger partial charge in [-0.25, -0.2) is 4.39 Å². The predicted octanol–water partition coefficient (Wildman–Crippen LogP) is 2.94. The van der Waals surface area contributed by atoms with Crippen LogP contribution in [0.15, 0.2) is 47.1 Å². The van der Waals surface area contributed by atoms with Gasteiger partial charge in [0.25, 0.3) is 0 Å². The van der Waals surface area contributed by atoms with Gasteiger partial charge in [0.05, 0.1) is 12.8 Å². The average molecular weight is 262 g/mol. The Morgan fingerprint density at radius 2 is 2.00 bits per heavy atom. The van der Waals surface area contributed by atoms with Gasteiger partial charge in [-0.2, -0.15) is 0 Å². The monoisotopic (exact) mass is 262 g/mol. The Hall–Kier alpha value is -1.65. The standard InChI is InChI=1S/C15H19FN2O/c1-18(11-14-3-2-10-19-14)9-8-15(17)12-4-6-13(16)7-5-12/h2-7,10,15H,8-9,11,17H2,1H3. The van der Waals surface area contributed by atoms with Crippen molar-refractivity contribution in [3.63, 3.8) is 0 Å².